The van der Waals surface area contributed by atoms with E-state index in [0.717, 1.165) is 25.7 Å². The lowest BCUT2D eigenvalue weighted by atomic mass is 10.1. The van der Waals surface area contributed by atoms with Gasteiger partial charge in [-0.3, -0.25) is 0 Å². The molecular weight excluding hydrogens is 283 g/mol. The Morgan fingerprint density at radius 1 is 0.545 bits per heavy atom. The van der Waals surface area contributed by atoms with E-state index in [4.69, 9.17) is 0 Å². The van der Waals surface area contributed by atoms with E-state index in [2.05, 4.69) is 70.8 Å². The quantitative estimate of drug-likeness (QED) is 0.659. The standard InChI is InChI=1S/C21H29P/c1-6-16-10-17(7-2)13-20(12-16)22(5)21-14-18(8-3)11-19(9-4)15-21/h10-15H,6-9H2,1-5H3. The maximum absolute atomic E-state index is 2.43. The topological polar surface area (TPSA) is 0 Å². The molecule has 0 spiro atoms. The molecule has 0 saturated carbocycles. The molecule has 0 aliphatic heterocycles. The molecule has 22 heavy (non-hydrogen) atoms. The van der Waals surface area contributed by atoms with Gasteiger partial charge >= 0.3 is 0 Å². The maximum Gasteiger partial charge on any atom is -0.0192 e. The van der Waals surface area contributed by atoms with Gasteiger partial charge in [-0.1, -0.05) is 64.1 Å². The molecule has 2 aromatic rings. The van der Waals surface area contributed by atoms with Crippen LogP contribution in [-0.4, -0.2) is 6.66 Å². The van der Waals surface area contributed by atoms with E-state index in [9.17, 15) is 0 Å². The highest BCUT2D eigenvalue weighted by Gasteiger charge is 2.11. The van der Waals surface area contributed by atoms with Gasteiger partial charge in [-0.05, 0) is 73.1 Å². The van der Waals surface area contributed by atoms with Crippen LogP contribution in [0.5, 0.6) is 0 Å². The molecule has 0 saturated heterocycles. The van der Waals surface area contributed by atoms with Crippen molar-refractivity contribution < 1.29 is 0 Å². The van der Waals surface area contributed by atoms with Crippen molar-refractivity contribution in [1.29, 1.82) is 0 Å². The fraction of sp³-hybridized carbons (Fsp3) is 0.429. The van der Waals surface area contributed by atoms with E-state index in [0.29, 0.717) is 0 Å². The van der Waals surface area contributed by atoms with Gasteiger partial charge in [0.25, 0.3) is 0 Å². The minimum Gasteiger partial charge on any atom is -0.0613 e. The number of hydrogen-bond donors (Lipinski definition) is 0. The molecule has 0 aliphatic rings. The van der Waals surface area contributed by atoms with Crippen LogP contribution in [0.3, 0.4) is 0 Å². The first-order valence-corrected chi connectivity index (χ1v) is 10.4. The molecule has 0 radical (unpaired) electrons. The van der Waals surface area contributed by atoms with E-state index in [-0.39, 0.29) is 7.92 Å². The third kappa shape index (κ3) is 3.99. The largest absolute Gasteiger partial charge is 0.0613 e. The lowest BCUT2D eigenvalue weighted by Gasteiger charge is -2.18. The highest BCUT2D eigenvalue weighted by molar-refractivity contribution is 7.72. The molecule has 0 fully saturated rings. The van der Waals surface area contributed by atoms with Gasteiger partial charge in [0.15, 0.2) is 0 Å². The first kappa shape index (κ1) is 17.2. The summed E-state index contributed by atoms with van der Waals surface area (Å²) in [5.41, 5.74) is 5.91. The monoisotopic (exact) mass is 312 g/mol. The lowest BCUT2D eigenvalue weighted by molar-refractivity contribution is 1.09. The van der Waals surface area contributed by atoms with Crippen molar-refractivity contribution in [2.24, 2.45) is 0 Å². The third-order valence-corrected chi connectivity index (χ3v) is 6.55. The summed E-state index contributed by atoms with van der Waals surface area (Å²) in [6, 6.07) is 14.4. The Labute approximate surface area is 137 Å². The van der Waals surface area contributed by atoms with Crippen molar-refractivity contribution in [3.05, 3.63) is 58.7 Å². The van der Waals surface area contributed by atoms with Crippen LogP contribution in [0.4, 0.5) is 0 Å². The van der Waals surface area contributed by atoms with Gasteiger partial charge in [-0.25, -0.2) is 0 Å². The molecule has 0 aromatic heterocycles. The van der Waals surface area contributed by atoms with Gasteiger partial charge < -0.3 is 0 Å². The molecule has 0 atom stereocenters. The molecule has 0 bridgehead atoms. The molecule has 0 amide bonds. The SMILES string of the molecule is CCc1cc(CC)cc(P(C)c2cc(CC)cc(CC)c2)c1. The third-order valence-electron chi connectivity index (χ3n) is 4.48. The fourth-order valence-corrected chi connectivity index (χ4v) is 4.57. The Bertz CT molecular complexity index is 528. The van der Waals surface area contributed by atoms with Crippen LogP contribution in [0.25, 0.3) is 0 Å². The van der Waals surface area contributed by atoms with Gasteiger partial charge in [0, 0.05) is 0 Å². The summed E-state index contributed by atoms with van der Waals surface area (Å²) < 4.78 is 0. The van der Waals surface area contributed by atoms with Crippen molar-refractivity contribution in [3.63, 3.8) is 0 Å². The summed E-state index contributed by atoms with van der Waals surface area (Å²) in [6.07, 6.45) is 4.50. The van der Waals surface area contributed by atoms with E-state index in [1.54, 1.807) is 0 Å². The van der Waals surface area contributed by atoms with E-state index >= 15 is 0 Å². The summed E-state index contributed by atoms with van der Waals surface area (Å²) in [7, 11) is -0.258. The number of aryl methyl sites for hydroxylation is 4. The minimum atomic E-state index is -0.258. The molecule has 2 aromatic carbocycles. The Hall–Kier alpha value is -1.13. The Morgan fingerprint density at radius 2 is 0.818 bits per heavy atom. The summed E-state index contributed by atoms with van der Waals surface area (Å²) in [5, 5.41) is 3.06. The lowest BCUT2D eigenvalue weighted by Crippen LogP contribution is -2.14. The first-order valence-electron chi connectivity index (χ1n) is 8.60. The molecule has 1 heteroatoms. The normalized spacial score (nSPS) is 11.2. The highest BCUT2D eigenvalue weighted by atomic mass is 31.1. The van der Waals surface area contributed by atoms with Crippen LogP contribution in [0, 0.1) is 0 Å². The van der Waals surface area contributed by atoms with E-state index in [1.165, 1.54) is 32.9 Å². The zero-order valence-corrected chi connectivity index (χ0v) is 15.6. The Morgan fingerprint density at radius 3 is 1.05 bits per heavy atom. The van der Waals surface area contributed by atoms with E-state index < -0.39 is 0 Å². The summed E-state index contributed by atoms with van der Waals surface area (Å²) in [5.74, 6) is 0. The second kappa shape index (κ2) is 7.93. The summed E-state index contributed by atoms with van der Waals surface area (Å²) >= 11 is 0. The molecule has 118 valence electrons. The van der Waals surface area contributed by atoms with Crippen LogP contribution >= 0.6 is 7.92 Å². The predicted octanol–water partition coefficient (Wildman–Crippen LogP) is 5.00. The van der Waals surface area contributed by atoms with Gasteiger partial charge in [0.05, 0.1) is 0 Å². The van der Waals surface area contributed by atoms with Gasteiger partial charge in [-0.15, -0.1) is 0 Å². The van der Waals surface area contributed by atoms with Crippen LogP contribution in [0.15, 0.2) is 36.4 Å². The average Bonchev–Trinajstić information content (AvgIpc) is 2.59. The zero-order valence-electron chi connectivity index (χ0n) is 14.7. The minimum absolute atomic E-state index is 0.258. The zero-order chi connectivity index (χ0) is 16.1. The number of rotatable bonds is 6. The highest BCUT2D eigenvalue weighted by Crippen LogP contribution is 2.31. The first-order chi connectivity index (χ1) is 10.6. The van der Waals surface area contributed by atoms with Gasteiger partial charge in [-0.2, -0.15) is 0 Å². The van der Waals surface area contributed by atoms with Crippen molar-refractivity contribution in [2.45, 2.75) is 53.4 Å². The Kier molecular flexibility index (Phi) is 6.21. The number of hydrogen-bond acceptors (Lipinski definition) is 0. The van der Waals surface area contributed by atoms with Gasteiger partial charge in [0.1, 0.15) is 0 Å². The fourth-order valence-electron chi connectivity index (χ4n) is 2.84. The molecular formula is C21H29P. The summed E-state index contributed by atoms with van der Waals surface area (Å²) in [6.45, 7) is 11.4. The van der Waals surface area contributed by atoms with Crippen LogP contribution in [0.1, 0.15) is 49.9 Å². The predicted molar refractivity (Wildman–Crippen MR) is 103 cm³/mol. The van der Waals surface area contributed by atoms with Gasteiger partial charge in [0.2, 0.25) is 0 Å². The van der Waals surface area contributed by atoms with Crippen LogP contribution in [0.2, 0.25) is 0 Å². The maximum atomic E-state index is 2.43. The second-order valence-electron chi connectivity index (χ2n) is 5.99. The van der Waals surface area contributed by atoms with Crippen molar-refractivity contribution >= 4 is 18.5 Å². The smallest absolute Gasteiger partial charge is 0.0192 e. The average molecular weight is 312 g/mol. The van der Waals surface area contributed by atoms with Crippen LogP contribution < -0.4 is 10.6 Å². The molecule has 0 unspecified atom stereocenters. The molecule has 0 N–H and O–H groups in total. The Balaban J connectivity index is 2.44. The molecule has 0 heterocycles. The molecule has 2 rings (SSSR count). The number of benzene rings is 2. The second-order valence-corrected chi connectivity index (χ2v) is 8.14. The van der Waals surface area contributed by atoms with Crippen LogP contribution in [-0.2, 0) is 25.7 Å². The molecule has 0 nitrogen and oxygen atoms in total. The van der Waals surface area contributed by atoms with E-state index in [1.807, 2.05) is 0 Å². The van der Waals surface area contributed by atoms with Crippen molar-refractivity contribution in [2.75, 3.05) is 6.66 Å². The van der Waals surface area contributed by atoms with Crippen molar-refractivity contribution in [1.82, 2.24) is 0 Å². The van der Waals surface area contributed by atoms with Crippen molar-refractivity contribution in [3.8, 4) is 0 Å². The summed E-state index contributed by atoms with van der Waals surface area (Å²) in [4.78, 5) is 0. The molecule has 0 aliphatic carbocycles.